The van der Waals surface area contributed by atoms with Crippen LogP contribution in [0.4, 0.5) is 0 Å². The molecule has 0 saturated heterocycles. The molecule has 2 unspecified atom stereocenters. The molecule has 0 radical (unpaired) electrons. The Hall–Kier alpha value is -3.43. The number of esters is 1. The molecule has 1 aliphatic heterocycles. The number of fused-ring (bicyclic) bond motifs is 3. The highest BCUT2D eigenvalue weighted by molar-refractivity contribution is 7.08. The predicted octanol–water partition coefficient (Wildman–Crippen LogP) is 4.96. The highest BCUT2D eigenvalue weighted by Crippen LogP contribution is 2.57. The number of ether oxygens (including phenoxy) is 4. The van der Waals surface area contributed by atoms with Crippen molar-refractivity contribution in [2.24, 2.45) is 5.92 Å². The van der Waals surface area contributed by atoms with Crippen LogP contribution < -0.4 is 14.2 Å². The van der Waals surface area contributed by atoms with E-state index in [1.807, 2.05) is 16.8 Å². The fourth-order valence-electron chi connectivity index (χ4n) is 4.79. The number of hydrogen-bond acceptors (Lipinski definition) is 9. The van der Waals surface area contributed by atoms with Gasteiger partial charge in [0, 0.05) is 18.4 Å². The van der Waals surface area contributed by atoms with Gasteiger partial charge in [0.2, 0.25) is 11.4 Å². The number of pyridine rings is 1. The first kappa shape index (κ1) is 23.3. The highest BCUT2D eigenvalue weighted by atomic mass is 35.5. The summed E-state index contributed by atoms with van der Waals surface area (Å²) in [5.74, 6) is -1.41. The first-order chi connectivity index (χ1) is 16.8. The molecule has 10 heteroatoms. The molecule has 0 fully saturated rings. The van der Waals surface area contributed by atoms with Crippen molar-refractivity contribution in [2.45, 2.75) is 18.9 Å². The first-order valence-electron chi connectivity index (χ1n) is 10.7. The average Bonchev–Trinajstić information content (AvgIpc) is 3.50. The minimum absolute atomic E-state index is 0.0280. The van der Waals surface area contributed by atoms with E-state index in [1.165, 1.54) is 44.8 Å². The second-order valence-corrected chi connectivity index (χ2v) is 9.43. The third-order valence-electron chi connectivity index (χ3n) is 6.48. The van der Waals surface area contributed by atoms with Crippen LogP contribution in [0.15, 0.2) is 29.0 Å². The quantitative estimate of drug-likeness (QED) is 0.451. The molecule has 0 amide bonds. The molecule has 2 atom stereocenters. The van der Waals surface area contributed by atoms with E-state index in [4.69, 9.17) is 30.5 Å². The second-order valence-electron chi connectivity index (χ2n) is 8.28. The number of carbonyl (C=O) groups excluding carboxylic acids is 3. The van der Waals surface area contributed by atoms with Gasteiger partial charge in [0.25, 0.3) is 0 Å². The molecule has 3 aromatic rings. The predicted molar refractivity (Wildman–Crippen MR) is 128 cm³/mol. The van der Waals surface area contributed by atoms with Gasteiger partial charge >= 0.3 is 5.97 Å². The van der Waals surface area contributed by atoms with Crippen LogP contribution in [-0.2, 0) is 10.3 Å². The number of rotatable bonds is 4. The van der Waals surface area contributed by atoms with Gasteiger partial charge in [-0.05, 0) is 34.0 Å². The fraction of sp³-hybridized carbons (Fsp3) is 0.280. The first-order valence-corrected chi connectivity index (χ1v) is 12.0. The van der Waals surface area contributed by atoms with Crippen LogP contribution in [0.2, 0.25) is 5.02 Å². The molecular formula is C25H20ClNO7S. The van der Waals surface area contributed by atoms with E-state index >= 15 is 0 Å². The molecule has 0 saturated carbocycles. The van der Waals surface area contributed by atoms with Crippen molar-refractivity contribution in [3.63, 3.8) is 0 Å². The van der Waals surface area contributed by atoms with E-state index in [0.717, 1.165) is 5.56 Å². The Labute approximate surface area is 209 Å². The molecule has 35 heavy (non-hydrogen) atoms. The Morgan fingerprint density at radius 2 is 1.91 bits per heavy atom. The summed E-state index contributed by atoms with van der Waals surface area (Å²) in [7, 11) is 4.10. The lowest BCUT2D eigenvalue weighted by atomic mass is 9.70. The summed E-state index contributed by atoms with van der Waals surface area (Å²) in [6, 6.07) is 4.85. The normalized spacial score (nSPS) is 20.3. The molecular weight excluding hydrogens is 494 g/mol. The van der Waals surface area contributed by atoms with Crippen LogP contribution >= 0.6 is 22.9 Å². The van der Waals surface area contributed by atoms with E-state index in [1.54, 1.807) is 6.92 Å². The van der Waals surface area contributed by atoms with Crippen LogP contribution in [0.3, 0.4) is 0 Å². The number of thiophene rings is 1. The molecule has 2 aromatic heterocycles. The largest absolute Gasteiger partial charge is 0.496 e. The van der Waals surface area contributed by atoms with Crippen molar-refractivity contribution in [1.29, 1.82) is 0 Å². The Kier molecular flexibility index (Phi) is 5.56. The standard InChI is InChI=1S/C25H20ClNO7S/c1-11-7-15(28)18-13(12-5-6-35-10-12)8-14(24(30)33-4)27-22(18)25(11)23(29)19-16(31-2)9-17(32-3)20(26)21(19)34-25/h5-6,8-11H,7H2,1-4H3. The number of aromatic nitrogens is 1. The SMILES string of the molecule is COC(=O)c1cc(-c2ccsc2)c2c(n1)C1(Oc3c(Cl)c(OC)cc(OC)c3C1=O)C(C)CC2=O. The smallest absolute Gasteiger partial charge is 0.356 e. The van der Waals surface area contributed by atoms with Gasteiger partial charge in [0.1, 0.15) is 33.5 Å². The molecule has 0 N–H and O–H groups in total. The molecule has 1 aromatic carbocycles. The Bertz CT molecular complexity index is 1400. The summed E-state index contributed by atoms with van der Waals surface area (Å²) in [5, 5.41) is 3.81. The highest BCUT2D eigenvalue weighted by Gasteiger charge is 2.60. The van der Waals surface area contributed by atoms with Crippen LogP contribution in [-0.4, -0.2) is 43.8 Å². The summed E-state index contributed by atoms with van der Waals surface area (Å²) in [5.41, 5.74) is -0.123. The molecule has 0 bridgehead atoms. The van der Waals surface area contributed by atoms with Gasteiger partial charge in [0.05, 0.1) is 26.9 Å². The Morgan fingerprint density at radius 3 is 2.54 bits per heavy atom. The maximum atomic E-state index is 14.2. The van der Waals surface area contributed by atoms with E-state index in [0.29, 0.717) is 5.56 Å². The molecule has 1 spiro atoms. The maximum absolute atomic E-state index is 14.2. The molecule has 5 rings (SSSR count). The molecule has 1 aliphatic carbocycles. The van der Waals surface area contributed by atoms with Crippen molar-refractivity contribution in [3.05, 3.63) is 56.5 Å². The summed E-state index contributed by atoms with van der Waals surface area (Å²) < 4.78 is 22.1. The maximum Gasteiger partial charge on any atom is 0.356 e. The summed E-state index contributed by atoms with van der Waals surface area (Å²) >= 11 is 7.99. The van der Waals surface area contributed by atoms with Gasteiger partial charge in [-0.1, -0.05) is 18.5 Å². The summed E-state index contributed by atoms with van der Waals surface area (Å²) in [6.07, 6.45) is 0.0280. The lowest BCUT2D eigenvalue weighted by Gasteiger charge is -2.38. The van der Waals surface area contributed by atoms with E-state index in [-0.39, 0.29) is 57.0 Å². The van der Waals surface area contributed by atoms with E-state index < -0.39 is 23.3 Å². The lowest BCUT2D eigenvalue weighted by molar-refractivity contribution is 0.0190. The van der Waals surface area contributed by atoms with Crippen LogP contribution in [0.1, 0.15) is 50.2 Å². The molecule has 180 valence electrons. The fourth-order valence-corrected chi connectivity index (χ4v) is 5.71. The Balaban J connectivity index is 1.85. The van der Waals surface area contributed by atoms with Crippen LogP contribution in [0, 0.1) is 5.92 Å². The van der Waals surface area contributed by atoms with Crippen molar-refractivity contribution in [2.75, 3.05) is 21.3 Å². The van der Waals surface area contributed by atoms with Gasteiger partial charge < -0.3 is 18.9 Å². The number of ketones is 2. The van der Waals surface area contributed by atoms with Crippen LogP contribution in [0.25, 0.3) is 11.1 Å². The second kappa shape index (κ2) is 8.35. The zero-order valence-electron chi connectivity index (χ0n) is 19.3. The number of nitrogens with zero attached hydrogens (tertiary/aromatic N) is 1. The van der Waals surface area contributed by atoms with Gasteiger partial charge in [-0.2, -0.15) is 11.3 Å². The number of carbonyl (C=O) groups is 3. The number of Topliss-reactive ketones (excluding diaryl/α,β-unsaturated/α-hetero) is 2. The van der Waals surface area contributed by atoms with Gasteiger partial charge in [0.15, 0.2) is 11.5 Å². The van der Waals surface area contributed by atoms with Gasteiger partial charge in [-0.25, -0.2) is 9.78 Å². The topological polar surface area (TPSA) is 101 Å². The minimum atomic E-state index is -1.70. The lowest BCUT2D eigenvalue weighted by Crippen LogP contribution is -2.49. The van der Waals surface area contributed by atoms with Crippen molar-refractivity contribution in [1.82, 2.24) is 4.98 Å². The summed E-state index contributed by atoms with van der Waals surface area (Å²) in [4.78, 5) is 44.6. The van der Waals surface area contributed by atoms with Gasteiger partial charge in [-0.15, -0.1) is 0 Å². The molecule has 3 heterocycles. The zero-order valence-corrected chi connectivity index (χ0v) is 20.8. The minimum Gasteiger partial charge on any atom is -0.496 e. The van der Waals surface area contributed by atoms with Crippen LogP contribution in [0.5, 0.6) is 17.2 Å². The third kappa shape index (κ3) is 3.18. The number of hydrogen-bond donors (Lipinski definition) is 0. The number of benzene rings is 1. The Morgan fingerprint density at radius 1 is 1.17 bits per heavy atom. The zero-order chi connectivity index (χ0) is 25.1. The van der Waals surface area contributed by atoms with E-state index in [2.05, 4.69) is 4.98 Å². The van der Waals surface area contributed by atoms with Crippen molar-refractivity contribution >= 4 is 40.5 Å². The monoisotopic (exact) mass is 513 g/mol. The van der Waals surface area contributed by atoms with Gasteiger partial charge in [-0.3, -0.25) is 9.59 Å². The van der Waals surface area contributed by atoms with E-state index in [9.17, 15) is 14.4 Å². The van der Waals surface area contributed by atoms with Crippen molar-refractivity contribution in [3.8, 4) is 28.4 Å². The average molecular weight is 514 g/mol. The number of halogens is 1. The number of methoxy groups -OCH3 is 3. The molecule has 2 aliphatic rings. The summed E-state index contributed by atoms with van der Waals surface area (Å²) in [6.45, 7) is 1.74. The molecule has 8 nitrogen and oxygen atoms in total. The van der Waals surface area contributed by atoms with Crippen molar-refractivity contribution < 1.29 is 33.3 Å². The third-order valence-corrected chi connectivity index (χ3v) is 7.52.